The van der Waals surface area contributed by atoms with Crippen molar-refractivity contribution in [3.63, 3.8) is 0 Å². The van der Waals surface area contributed by atoms with Crippen molar-refractivity contribution in [2.45, 2.75) is 19.3 Å². The lowest BCUT2D eigenvalue weighted by atomic mass is 10.0. The van der Waals surface area contributed by atoms with Crippen molar-refractivity contribution in [3.8, 4) is 17.3 Å². The minimum Gasteiger partial charge on any atom is -0.493 e. The number of fused-ring (bicyclic) bond motifs is 1. The third-order valence-electron chi connectivity index (χ3n) is 5.35. The van der Waals surface area contributed by atoms with Crippen molar-refractivity contribution in [2.75, 3.05) is 27.3 Å². The topological polar surface area (TPSA) is 73.7 Å². The summed E-state index contributed by atoms with van der Waals surface area (Å²) in [5, 5.41) is 0.724. The lowest BCUT2D eigenvalue weighted by Crippen LogP contribution is -2.36. The molecule has 8 heteroatoms. The van der Waals surface area contributed by atoms with E-state index < -0.39 is 11.4 Å². The number of carbonyl (C=O) groups is 1. The summed E-state index contributed by atoms with van der Waals surface area (Å²) < 4.78 is 25.7. The zero-order chi connectivity index (χ0) is 21.3. The van der Waals surface area contributed by atoms with E-state index in [0.29, 0.717) is 35.5 Å². The summed E-state index contributed by atoms with van der Waals surface area (Å²) in [6, 6.07) is 5.53. The zero-order valence-corrected chi connectivity index (χ0v) is 16.9. The van der Waals surface area contributed by atoms with Crippen molar-refractivity contribution in [1.29, 1.82) is 0 Å². The van der Waals surface area contributed by atoms with Crippen molar-refractivity contribution < 1.29 is 18.7 Å². The molecule has 0 saturated carbocycles. The molecule has 7 nitrogen and oxygen atoms in total. The van der Waals surface area contributed by atoms with Crippen LogP contribution in [-0.2, 0) is 0 Å². The second-order valence-electron chi connectivity index (χ2n) is 7.16. The number of nitrogens with zero attached hydrogens (tertiary/aromatic N) is 3. The van der Waals surface area contributed by atoms with Gasteiger partial charge in [-0.3, -0.25) is 14.2 Å². The molecular weight excluding hydrogens is 389 g/mol. The Morgan fingerprint density at radius 1 is 1.03 bits per heavy atom. The molecule has 1 aromatic carbocycles. The van der Waals surface area contributed by atoms with Crippen molar-refractivity contribution in [3.05, 3.63) is 58.4 Å². The number of benzene rings is 1. The van der Waals surface area contributed by atoms with E-state index in [1.165, 1.54) is 37.2 Å². The van der Waals surface area contributed by atoms with Gasteiger partial charge < -0.3 is 14.4 Å². The van der Waals surface area contributed by atoms with Gasteiger partial charge in [-0.1, -0.05) is 0 Å². The van der Waals surface area contributed by atoms with E-state index in [4.69, 9.17) is 9.47 Å². The van der Waals surface area contributed by atoms with Crippen LogP contribution in [0.2, 0.25) is 0 Å². The summed E-state index contributed by atoms with van der Waals surface area (Å²) in [5.41, 5.74) is -0.0993. The van der Waals surface area contributed by atoms with Gasteiger partial charge in [0.25, 0.3) is 11.5 Å². The number of amides is 1. The lowest BCUT2D eigenvalue weighted by Gasteiger charge is -2.27. The average Bonchev–Trinajstić information content (AvgIpc) is 2.78. The average molecular weight is 411 g/mol. The Labute approximate surface area is 172 Å². The molecule has 1 fully saturated rings. The molecule has 0 spiro atoms. The number of methoxy groups -OCH3 is 2. The van der Waals surface area contributed by atoms with Crippen LogP contribution in [0, 0.1) is 5.82 Å². The summed E-state index contributed by atoms with van der Waals surface area (Å²) >= 11 is 0. The van der Waals surface area contributed by atoms with Crippen LogP contribution in [0.15, 0.2) is 41.5 Å². The smallest absolute Gasteiger partial charge is 0.264 e. The molecule has 0 bridgehead atoms. The molecule has 0 unspecified atom stereocenters. The molecule has 0 aliphatic carbocycles. The monoisotopic (exact) mass is 411 g/mol. The number of carbonyl (C=O) groups excluding carboxylic acids is 1. The zero-order valence-electron chi connectivity index (χ0n) is 16.9. The third-order valence-corrected chi connectivity index (χ3v) is 5.35. The van der Waals surface area contributed by atoms with Crippen LogP contribution in [0.3, 0.4) is 0 Å². The number of ether oxygens (including phenoxy) is 2. The van der Waals surface area contributed by atoms with Crippen molar-refractivity contribution >= 4 is 16.7 Å². The first kappa shape index (κ1) is 19.9. The maximum Gasteiger partial charge on any atom is 0.264 e. The van der Waals surface area contributed by atoms with Gasteiger partial charge in [0.2, 0.25) is 0 Å². The van der Waals surface area contributed by atoms with Crippen LogP contribution < -0.4 is 15.0 Å². The highest BCUT2D eigenvalue weighted by Gasteiger charge is 2.24. The molecule has 2 aromatic heterocycles. The standard InChI is InChI=1S/C22H22FN3O4/c1-29-18-11-15-16(12-19(18)30-2)22(28)26(20-10-14(23)6-7-24-20)13-17(15)21(27)25-8-4-3-5-9-25/h6-7,10-13H,3-5,8-9H2,1-2H3. The Bertz CT molecular complexity index is 1170. The molecule has 156 valence electrons. The fourth-order valence-corrected chi connectivity index (χ4v) is 3.80. The summed E-state index contributed by atoms with van der Waals surface area (Å²) in [7, 11) is 2.97. The summed E-state index contributed by atoms with van der Waals surface area (Å²) in [6.07, 6.45) is 5.68. The number of pyridine rings is 2. The van der Waals surface area contributed by atoms with Gasteiger partial charge in [0.15, 0.2) is 11.5 Å². The van der Waals surface area contributed by atoms with E-state index >= 15 is 0 Å². The molecule has 0 radical (unpaired) electrons. The highest BCUT2D eigenvalue weighted by molar-refractivity contribution is 6.07. The van der Waals surface area contributed by atoms with E-state index in [-0.39, 0.29) is 17.1 Å². The third kappa shape index (κ3) is 3.49. The van der Waals surface area contributed by atoms with Crippen LogP contribution in [0.1, 0.15) is 29.6 Å². The minimum absolute atomic E-state index is 0.101. The van der Waals surface area contributed by atoms with Gasteiger partial charge in [-0.2, -0.15) is 0 Å². The number of rotatable bonds is 4. The molecule has 30 heavy (non-hydrogen) atoms. The highest BCUT2D eigenvalue weighted by Crippen LogP contribution is 2.33. The minimum atomic E-state index is -0.525. The van der Waals surface area contributed by atoms with E-state index in [9.17, 15) is 14.0 Å². The van der Waals surface area contributed by atoms with Gasteiger partial charge in [-0.25, -0.2) is 9.37 Å². The Kier molecular flexibility index (Phi) is 5.39. The van der Waals surface area contributed by atoms with Crippen LogP contribution in [0.25, 0.3) is 16.6 Å². The van der Waals surface area contributed by atoms with Gasteiger partial charge in [0.05, 0.1) is 25.2 Å². The van der Waals surface area contributed by atoms with Crippen LogP contribution in [0.4, 0.5) is 4.39 Å². The fraction of sp³-hybridized carbons (Fsp3) is 0.318. The maximum atomic E-state index is 13.8. The Morgan fingerprint density at radius 2 is 1.70 bits per heavy atom. The highest BCUT2D eigenvalue weighted by atomic mass is 19.1. The van der Waals surface area contributed by atoms with Crippen LogP contribution >= 0.6 is 0 Å². The maximum absolute atomic E-state index is 13.8. The van der Waals surface area contributed by atoms with E-state index in [1.807, 2.05) is 0 Å². The fourth-order valence-electron chi connectivity index (χ4n) is 3.80. The molecule has 4 rings (SSSR count). The predicted octanol–water partition coefficient (Wildman–Crippen LogP) is 3.17. The Balaban J connectivity index is 2.00. The number of piperidine rings is 1. The summed E-state index contributed by atoms with van der Waals surface area (Å²) in [6.45, 7) is 1.32. The van der Waals surface area contributed by atoms with Crippen LogP contribution in [0.5, 0.6) is 11.5 Å². The molecular formula is C22H22FN3O4. The van der Waals surface area contributed by atoms with E-state index in [2.05, 4.69) is 4.98 Å². The molecule has 0 N–H and O–H groups in total. The number of hydrogen-bond acceptors (Lipinski definition) is 5. The number of hydrogen-bond donors (Lipinski definition) is 0. The van der Waals surface area contributed by atoms with Gasteiger partial charge in [-0.05, 0) is 37.5 Å². The lowest BCUT2D eigenvalue weighted by molar-refractivity contribution is 0.0725. The van der Waals surface area contributed by atoms with Gasteiger partial charge in [0, 0.05) is 36.9 Å². The largest absolute Gasteiger partial charge is 0.493 e. The van der Waals surface area contributed by atoms with Gasteiger partial charge >= 0.3 is 0 Å². The van der Waals surface area contributed by atoms with Crippen molar-refractivity contribution in [1.82, 2.24) is 14.5 Å². The Hall–Kier alpha value is -3.42. The quantitative estimate of drug-likeness (QED) is 0.659. The molecule has 1 saturated heterocycles. The molecule has 0 atom stereocenters. The normalized spacial score (nSPS) is 14.0. The summed E-state index contributed by atoms with van der Waals surface area (Å²) in [4.78, 5) is 32.5. The van der Waals surface area contributed by atoms with Crippen molar-refractivity contribution in [2.24, 2.45) is 0 Å². The molecule has 3 aromatic rings. The number of aromatic nitrogens is 2. The molecule has 1 amide bonds. The predicted molar refractivity (Wildman–Crippen MR) is 110 cm³/mol. The van der Waals surface area contributed by atoms with E-state index in [1.54, 1.807) is 17.0 Å². The second kappa shape index (κ2) is 8.14. The first-order chi connectivity index (χ1) is 14.5. The summed E-state index contributed by atoms with van der Waals surface area (Å²) in [5.74, 6) is 0.173. The van der Waals surface area contributed by atoms with Crippen LogP contribution in [-0.4, -0.2) is 47.7 Å². The first-order valence-corrected chi connectivity index (χ1v) is 9.76. The second-order valence-corrected chi connectivity index (χ2v) is 7.16. The first-order valence-electron chi connectivity index (χ1n) is 9.76. The Morgan fingerprint density at radius 3 is 2.33 bits per heavy atom. The SMILES string of the molecule is COc1cc2c(C(=O)N3CCCCC3)cn(-c3cc(F)ccn3)c(=O)c2cc1OC. The molecule has 1 aliphatic rings. The molecule has 3 heterocycles. The van der Waals surface area contributed by atoms with Gasteiger partial charge in [-0.15, -0.1) is 0 Å². The number of likely N-dealkylation sites (tertiary alicyclic amines) is 1. The number of halogens is 1. The molecule has 1 aliphatic heterocycles. The van der Waals surface area contributed by atoms with Gasteiger partial charge in [0.1, 0.15) is 11.6 Å². The van der Waals surface area contributed by atoms with E-state index in [0.717, 1.165) is 25.3 Å².